The first kappa shape index (κ1) is 34.8. The number of anilines is 1. The highest BCUT2D eigenvalue weighted by Gasteiger charge is 2.34. The molecule has 0 aliphatic rings. The second kappa shape index (κ2) is 15.5. The minimum Gasteiger partial charge on any atom is -0.457 e. The SMILES string of the molecule is CCC(C(=O)NC(C)C)N(Cc1ccc(Cl)cc1Cl)C(=O)CN(c1ccc(Oc2ccccc2)cc1)S(=O)(=O)c1ccc(C)cc1. The minimum absolute atomic E-state index is 0.0207. The number of amides is 2. The molecular weight excluding hydrogens is 645 g/mol. The molecule has 11 heteroatoms. The Morgan fingerprint density at radius 1 is 0.870 bits per heavy atom. The molecular formula is C35H37Cl2N3O5S. The van der Waals surface area contributed by atoms with Crippen LogP contribution >= 0.6 is 23.2 Å². The van der Waals surface area contributed by atoms with E-state index in [0.29, 0.717) is 27.1 Å². The predicted molar refractivity (Wildman–Crippen MR) is 183 cm³/mol. The van der Waals surface area contributed by atoms with E-state index >= 15 is 0 Å². The molecule has 0 radical (unpaired) electrons. The average molecular weight is 683 g/mol. The molecule has 1 unspecified atom stereocenters. The third-order valence-corrected chi connectivity index (χ3v) is 9.54. The summed E-state index contributed by atoms with van der Waals surface area (Å²) in [6.07, 6.45) is 0.283. The standard InChI is InChI=1S/C35H37Cl2N3O5S/c1-5-33(35(42)38-24(2)3)39(22-26-13-14-27(36)21-32(26)37)34(41)23-40(46(43,44)31-19-11-25(4)12-20-31)28-15-17-30(18-16-28)45-29-9-7-6-8-10-29/h6-21,24,33H,5,22-23H2,1-4H3,(H,38,42). The molecule has 0 heterocycles. The third-order valence-electron chi connectivity index (χ3n) is 7.16. The number of hydrogen-bond donors (Lipinski definition) is 1. The molecule has 0 spiro atoms. The van der Waals surface area contributed by atoms with Crippen molar-refractivity contribution in [1.29, 1.82) is 0 Å². The largest absolute Gasteiger partial charge is 0.457 e. The van der Waals surface area contributed by atoms with E-state index in [1.54, 1.807) is 61.5 Å². The van der Waals surface area contributed by atoms with Gasteiger partial charge in [-0.15, -0.1) is 0 Å². The number of aryl methyl sites for hydroxylation is 1. The van der Waals surface area contributed by atoms with E-state index in [1.165, 1.54) is 17.0 Å². The van der Waals surface area contributed by atoms with Gasteiger partial charge in [0.05, 0.1) is 10.6 Å². The van der Waals surface area contributed by atoms with Crippen molar-refractivity contribution >= 4 is 50.7 Å². The van der Waals surface area contributed by atoms with Gasteiger partial charge in [0.1, 0.15) is 24.1 Å². The minimum atomic E-state index is -4.23. The van der Waals surface area contributed by atoms with Crippen molar-refractivity contribution in [3.05, 3.63) is 118 Å². The number of carbonyl (C=O) groups excluding carboxylic acids is 2. The number of rotatable bonds is 13. The lowest BCUT2D eigenvalue weighted by Crippen LogP contribution is -2.53. The van der Waals surface area contributed by atoms with Crippen LogP contribution in [0.3, 0.4) is 0 Å². The zero-order chi connectivity index (χ0) is 33.4. The number of nitrogens with one attached hydrogen (secondary N) is 1. The molecule has 4 rings (SSSR count). The summed E-state index contributed by atoms with van der Waals surface area (Å²) in [5, 5.41) is 3.62. The second-order valence-electron chi connectivity index (χ2n) is 11.1. The highest BCUT2D eigenvalue weighted by molar-refractivity contribution is 7.92. The van der Waals surface area contributed by atoms with Crippen LogP contribution in [0.2, 0.25) is 10.0 Å². The van der Waals surface area contributed by atoms with Crippen molar-refractivity contribution in [3.8, 4) is 11.5 Å². The van der Waals surface area contributed by atoms with Crippen LogP contribution in [0.4, 0.5) is 5.69 Å². The van der Waals surface area contributed by atoms with E-state index < -0.39 is 28.5 Å². The predicted octanol–water partition coefficient (Wildman–Crippen LogP) is 7.62. The number of hydrogen-bond acceptors (Lipinski definition) is 5. The van der Waals surface area contributed by atoms with E-state index in [0.717, 1.165) is 9.87 Å². The number of benzene rings is 4. The topological polar surface area (TPSA) is 96.0 Å². The Morgan fingerprint density at radius 2 is 1.50 bits per heavy atom. The normalized spacial score (nSPS) is 12.0. The Labute approximate surface area is 280 Å². The van der Waals surface area contributed by atoms with Crippen molar-refractivity contribution < 1.29 is 22.7 Å². The van der Waals surface area contributed by atoms with Crippen LogP contribution in [0, 0.1) is 6.92 Å². The van der Waals surface area contributed by atoms with Crippen molar-refractivity contribution in [3.63, 3.8) is 0 Å². The van der Waals surface area contributed by atoms with Crippen LogP contribution in [-0.4, -0.2) is 43.8 Å². The van der Waals surface area contributed by atoms with Gasteiger partial charge in [0.15, 0.2) is 0 Å². The molecule has 1 N–H and O–H groups in total. The highest BCUT2D eigenvalue weighted by Crippen LogP contribution is 2.29. The quantitative estimate of drug-likeness (QED) is 0.157. The van der Waals surface area contributed by atoms with Crippen LogP contribution in [-0.2, 0) is 26.2 Å². The maximum Gasteiger partial charge on any atom is 0.264 e. The van der Waals surface area contributed by atoms with Gasteiger partial charge in [-0.05, 0) is 93.4 Å². The zero-order valence-electron chi connectivity index (χ0n) is 26.1. The summed E-state index contributed by atoms with van der Waals surface area (Å²) in [6.45, 7) is 6.69. The van der Waals surface area contributed by atoms with Crippen LogP contribution in [0.5, 0.6) is 11.5 Å². The second-order valence-corrected chi connectivity index (χ2v) is 13.8. The fourth-order valence-electron chi connectivity index (χ4n) is 4.80. The highest BCUT2D eigenvalue weighted by atomic mass is 35.5. The molecule has 0 aromatic heterocycles. The molecule has 0 bridgehead atoms. The van der Waals surface area contributed by atoms with Gasteiger partial charge in [0.25, 0.3) is 10.0 Å². The molecule has 242 valence electrons. The fraction of sp³-hybridized carbons (Fsp3) is 0.257. The van der Waals surface area contributed by atoms with Gasteiger partial charge in [0.2, 0.25) is 11.8 Å². The third kappa shape index (κ3) is 8.81. The number of halogens is 2. The maximum absolute atomic E-state index is 14.3. The van der Waals surface area contributed by atoms with Gasteiger partial charge in [-0.1, -0.05) is 72.1 Å². The van der Waals surface area contributed by atoms with Gasteiger partial charge in [-0.25, -0.2) is 8.42 Å². The van der Waals surface area contributed by atoms with Gasteiger partial charge >= 0.3 is 0 Å². The molecule has 46 heavy (non-hydrogen) atoms. The molecule has 0 fully saturated rings. The number of para-hydroxylation sites is 1. The Bertz CT molecular complexity index is 1750. The van der Waals surface area contributed by atoms with E-state index in [9.17, 15) is 18.0 Å². The van der Waals surface area contributed by atoms with Gasteiger partial charge in [0, 0.05) is 22.6 Å². The van der Waals surface area contributed by atoms with Gasteiger partial charge < -0.3 is 15.0 Å². The van der Waals surface area contributed by atoms with E-state index in [4.69, 9.17) is 27.9 Å². The molecule has 8 nitrogen and oxygen atoms in total. The molecule has 4 aromatic carbocycles. The lowest BCUT2D eigenvalue weighted by Gasteiger charge is -2.33. The number of ether oxygens (including phenoxy) is 1. The summed E-state index contributed by atoms with van der Waals surface area (Å²) in [5.74, 6) is 0.170. The first-order valence-electron chi connectivity index (χ1n) is 14.8. The molecule has 0 saturated heterocycles. The van der Waals surface area contributed by atoms with Gasteiger partial charge in [-0.3, -0.25) is 13.9 Å². The molecule has 2 amide bonds. The van der Waals surface area contributed by atoms with Crippen LogP contribution in [0.15, 0.2) is 102 Å². The monoisotopic (exact) mass is 681 g/mol. The van der Waals surface area contributed by atoms with Gasteiger partial charge in [-0.2, -0.15) is 0 Å². The van der Waals surface area contributed by atoms with E-state index in [2.05, 4.69) is 5.32 Å². The Balaban J connectivity index is 1.74. The zero-order valence-corrected chi connectivity index (χ0v) is 28.4. The Kier molecular flexibility index (Phi) is 11.7. The molecule has 4 aromatic rings. The first-order valence-corrected chi connectivity index (χ1v) is 17.0. The lowest BCUT2D eigenvalue weighted by atomic mass is 10.1. The Morgan fingerprint density at radius 3 is 2.09 bits per heavy atom. The first-order chi connectivity index (χ1) is 21.9. The van der Waals surface area contributed by atoms with Crippen molar-refractivity contribution in [2.75, 3.05) is 10.8 Å². The fourth-order valence-corrected chi connectivity index (χ4v) is 6.69. The van der Waals surface area contributed by atoms with Crippen molar-refractivity contribution in [1.82, 2.24) is 10.2 Å². The Hall–Kier alpha value is -4.05. The summed E-state index contributed by atoms with van der Waals surface area (Å²) in [6, 6.07) is 25.9. The van der Waals surface area contributed by atoms with E-state index in [1.807, 2.05) is 51.1 Å². The number of nitrogens with zero attached hydrogens (tertiary/aromatic N) is 2. The molecule has 0 aliphatic carbocycles. The lowest BCUT2D eigenvalue weighted by molar-refractivity contribution is -0.140. The molecule has 1 atom stereocenters. The maximum atomic E-state index is 14.3. The summed E-state index contributed by atoms with van der Waals surface area (Å²) in [7, 11) is -4.23. The molecule has 0 saturated carbocycles. The van der Waals surface area contributed by atoms with Crippen LogP contribution < -0.4 is 14.4 Å². The van der Waals surface area contributed by atoms with Crippen molar-refractivity contribution in [2.24, 2.45) is 0 Å². The summed E-state index contributed by atoms with van der Waals surface area (Å²) < 4.78 is 35.3. The summed E-state index contributed by atoms with van der Waals surface area (Å²) >= 11 is 12.6. The number of sulfonamides is 1. The van der Waals surface area contributed by atoms with Crippen LogP contribution in [0.1, 0.15) is 38.3 Å². The summed E-state index contributed by atoms with van der Waals surface area (Å²) in [5.41, 5.74) is 1.70. The summed E-state index contributed by atoms with van der Waals surface area (Å²) in [4.78, 5) is 29.0. The average Bonchev–Trinajstić information content (AvgIpc) is 3.01. The van der Waals surface area contributed by atoms with Crippen molar-refractivity contribution in [2.45, 2.75) is 57.6 Å². The van der Waals surface area contributed by atoms with Crippen LogP contribution in [0.25, 0.3) is 0 Å². The smallest absolute Gasteiger partial charge is 0.264 e. The number of carbonyl (C=O) groups is 2. The van der Waals surface area contributed by atoms with E-state index in [-0.39, 0.29) is 35.5 Å². The molecule has 0 aliphatic heterocycles.